The van der Waals surface area contributed by atoms with Crippen molar-refractivity contribution < 1.29 is 57.7 Å². The average molecular weight is 734 g/mol. The predicted molar refractivity (Wildman–Crippen MR) is 189 cm³/mol. The molecule has 2 atom stereocenters. The van der Waals surface area contributed by atoms with Crippen LogP contribution in [0.5, 0.6) is 0 Å². The van der Waals surface area contributed by atoms with Crippen LogP contribution in [-0.2, 0) is 20.4 Å². The van der Waals surface area contributed by atoms with Gasteiger partial charge in [0.05, 0.1) is 0 Å². The summed E-state index contributed by atoms with van der Waals surface area (Å²) in [5.74, 6) is 0. The summed E-state index contributed by atoms with van der Waals surface area (Å²) in [5.41, 5.74) is 6.26. The number of benzene rings is 1. The van der Waals surface area contributed by atoms with Crippen molar-refractivity contribution in [2.45, 2.75) is 182 Å². The zero-order chi connectivity index (χ0) is 30.7. The average Bonchev–Trinajstić information content (AvgIpc) is 3.07. The van der Waals surface area contributed by atoms with Crippen LogP contribution < -0.4 is 47.6 Å². The second kappa shape index (κ2) is 22.4. The van der Waals surface area contributed by atoms with Crippen LogP contribution in [-0.4, -0.2) is 16.1 Å². The number of hydrogen-bond donors (Lipinski definition) is 0. The summed E-state index contributed by atoms with van der Waals surface area (Å²) in [6.45, 7) is 24.8. The quantitative estimate of drug-likeness (QED) is 0.143. The van der Waals surface area contributed by atoms with Gasteiger partial charge in [-0.05, 0) is 0 Å². The van der Waals surface area contributed by atoms with E-state index in [1.54, 1.807) is 31.0 Å². The Hall–Kier alpha value is 0.718. The molecule has 1 aromatic carbocycles. The van der Waals surface area contributed by atoms with Crippen molar-refractivity contribution in [3.8, 4) is 0 Å². The topological polar surface area (TPSA) is 0 Å². The fraction of sp³-hybridized carbons (Fsp3) is 0.737. The summed E-state index contributed by atoms with van der Waals surface area (Å²) in [4.78, 5) is 0. The molecule has 0 bridgehead atoms. The van der Waals surface area contributed by atoms with Crippen LogP contribution in [0.25, 0.3) is 0 Å². The molecule has 0 spiro atoms. The Bertz CT molecular complexity index is 1000. The molecule has 0 radical (unpaired) electrons. The maximum Gasteiger partial charge on any atom is -1.00 e. The van der Waals surface area contributed by atoms with Crippen molar-refractivity contribution in [1.29, 1.82) is 0 Å². The monoisotopic (exact) mass is 732 g/mol. The van der Waals surface area contributed by atoms with E-state index in [2.05, 4.69) is 106 Å². The molecule has 2 unspecified atom stereocenters. The van der Waals surface area contributed by atoms with Crippen molar-refractivity contribution >= 4 is 26.5 Å². The van der Waals surface area contributed by atoms with Gasteiger partial charge in [-0.2, -0.15) is 0 Å². The molecule has 0 N–H and O–H groups in total. The molecular weight excluding hydrogens is 667 g/mol. The first-order valence-corrected chi connectivity index (χ1v) is 24.5. The third-order valence-electron chi connectivity index (χ3n) is 11.0. The molecule has 0 heterocycles. The summed E-state index contributed by atoms with van der Waals surface area (Å²) in [7, 11) is -3.25. The predicted octanol–water partition coefficient (Wildman–Crippen LogP) is 3.03. The summed E-state index contributed by atoms with van der Waals surface area (Å²) in [5, 5.41) is 3.59. The zero-order valence-electron chi connectivity index (χ0n) is 30.4. The van der Waals surface area contributed by atoms with Crippen LogP contribution in [0.4, 0.5) is 0 Å². The van der Waals surface area contributed by atoms with Gasteiger partial charge in [-0.3, -0.25) is 0 Å². The largest absolute Gasteiger partial charge is 1.00 e. The van der Waals surface area contributed by atoms with Gasteiger partial charge in [0.25, 0.3) is 0 Å². The van der Waals surface area contributed by atoms with E-state index < -0.39 is 16.1 Å². The Kier molecular flexibility index (Phi) is 23.8. The maximum atomic E-state index is 2.75. The van der Waals surface area contributed by atoms with E-state index in [9.17, 15) is 0 Å². The van der Waals surface area contributed by atoms with Gasteiger partial charge >= 0.3 is 215 Å². The number of unbranched alkanes of at least 4 members (excludes halogenated alkanes) is 15. The molecule has 6 heteroatoms. The summed E-state index contributed by atoms with van der Waals surface area (Å²) < 4.78 is 1.66. The molecule has 0 amide bonds. The Morgan fingerprint density at radius 1 is 0.568 bits per heavy atom. The molecular formula is C38H67Cl3Si2Ti. The summed E-state index contributed by atoms with van der Waals surface area (Å²) >= 11 is 2.46. The fourth-order valence-corrected chi connectivity index (χ4v) is 15.7. The van der Waals surface area contributed by atoms with E-state index in [-0.39, 0.29) is 42.3 Å². The number of rotatable bonds is 20. The van der Waals surface area contributed by atoms with E-state index >= 15 is 0 Å². The van der Waals surface area contributed by atoms with Crippen molar-refractivity contribution in [2.24, 2.45) is 0 Å². The second-order valence-corrected chi connectivity index (χ2v) is 25.7. The van der Waals surface area contributed by atoms with Crippen LogP contribution in [0.15, 0.2) is 38.8 Å². The molecule has 0 aliphatic heterocycles. The van der Waals surface area contributed by atoms with Gasteiger partial charge in [-0.1, -0.05) is 58.3 Å². The number of hydrogen-bond acceptors (Lipinski definition) is 0. The standard InChI is InChI=1S/C38H67Si2.3ClH.Ti/c1-11-12-13-14-15-16-17-18-19-20-21-22-23-24-25-26-27-40(10,38(6)31-33(3)34(4)35(38)5)37-29-32(2)28-36(30-37)39(7,8)9;;;;/h28-30H,11-27H2,1-10H3;3*1H;/q;;;;+3/p-3. The molecule has 0 saturated carbocycles. The molecule has 252 valence electrons. The third kappa shape index (κ3) is 12.6. The third-order valence-corrected chi connectivity index (χ3v) is 20.5. The molecule has 0 nitrogen and oxygen atoms in total. The van der Waals surface area contributed by atoms with Crippen LogP contribution in [0.2, 0.25) is 37.3 Å². The first-order valence-electron chi connectivity index (χ1n) is 17.5. The van der Waals surface area contributed by atoms with Crippen molar-refractivity contribution in [3.05, 3.63) is 44.4 Å². The normalized spacial score (nSPS) is 18.1. The Labute approximate surface area is 307 Å². The molecule has 2 rings (SSSR count). The number of allylic oxidation sites excluding steroid dienone is 4. The van der Waals surface area contributed by atoms with Gasteiger partial charge in [0.1, 0.15) is 0 Å². The van der Waals surface area contributed by atoms with Gasteiger partial charge in [-0.25, -0.2) is 0 Å². The van der Waals surface area contributed by atoms with Gasteiger partial charge in [-0.15, -0.1) is 0 Å². The van der Waals surface area contributed by atoms with E-state index in [0.29, 0.717) is 0 Å². The minimum Gasteiger partial charge on any atom is -1.00 e. The molecule has 1 aliphatic carbocycles. The molecule has 1 aliphatic rings. The van der Waals surface area contributed by atoms with Crippen molar-refractivity contribution in [3.63, 3.8) is 0 Å². The van der Waals surface area contributed by atoms with Crippen molar-refractivity contribution in [2.75, 3.05) is 0 Å². The maximum absolute atomic E-state index is 2.75. The SMILES string of the molecule is CCCCCCCCCCCCCCCCCC[Si](C)(c1cc(C)cc([Si](C)(C)C)c1)C1(C)C(C)=C(C)C(C)=[C]1[Ti+3].[Cl-].[Cl-].[Cl-]. The van der Waals surface area contributed by atoms with Gasteiger partial charge < -0.3 is 37.2 Å². The Balaban J connectivity index is 0. The van der Waals surface area contributed by atoms with E-state index in [1.165, 1.54) is 114 Å². The summed E-state index contributed by atoms with van der Waals surface area (Å²) in [6.07, 6.45) is 23.1. The van der Waals surface area contributed by atoms with Crippen LogP contribution >= 0.6 is 0 Å². The molecule has 0 fully saturated rings. The minimum atomic E-state index is -1.87. The Morgan fingerprint density at radius 3 is 1.32 bits per heavy atom. The van der Waals surface area contributed by atoms with Gasteiger partial charge in [0.2, 0.25) is 0 Å². The fourth-order valence-electron chi connectivity index (χ4n) is 7.34. The van der Waals surface area contributed by atoms with Crippen LogP contribution in [0.3, 0.4) is 0 Å². The van der Waals surface area contributed by atoms with Crippen molar-refractivity contribution in [1.82, 2.24) is 0 Å². The van der Waals surface area contributed by atoms with Crippen LogP contribution in [0.1, 0.15) is 143 Å². The van der Waals surface area contributed by atoms with Crippen LogP contribution in [0, 0.1) is 6.92 Å². The molecule has 1 aromatic rings. The first-order chi connectivity index (χ1) is 19.3. The zero-order valence-corrected chi connectivity index (χ0v) is 36.2. The minimum absolute atomic E-state index is 0. The molecule has 44 heavy (non-hydrogen) atoms. The summed E-state index contributed by atoms with van der Waals surface area (Å²) in [6, 6.07) is 9.19. The van der Waals surface area contributed by atoms with E-state index in [4.69, 9.17) is 0 Å². The smallest absolute Gasteiger partial charge is 1.00 e. The van der Waals surface area contributed by atoms with E-state index in [1.807, 2.05) is 0 Å². The second-order valence-electron chi connectivity index (χ2n) is 15.1. The molecule has 0 saturated heterocycles. The number of aryl methyl sites for hydroxylation is 1. The van der Waals surface area contributed by atoms with Gasteiger partial charge in [0, 0.05) is 0 Å². The van der Waals surface area contributed by atoms with Gasteiger partial charge in [0.15, 0.2) is 0 Å². The Morgan fingerprint density at radius 2 is 0.955 bits per heavy atom. The number of halogens is 3. The molecule has 0 aromatic heterocycles. The van der Waals surface area contributed by atoms with E-state index in [0.717, 1.165) is 0 Å². The first kappa shape index (κ1) is 46.8.